The molecule has 1 aromatic heterocycles. The van der Waals surface area contributed by atoms with Crippen LogP contribution in [0.15, 0.2) is 29.3 Å². The van der Waals surface area contributed by atoms with Crippen LogP contribution in [-0.2, 0) is 19.6 Å². The van der Waals surface area contributed by atoms with Gasteiger partial charge in [-0.2, -0.15) is 13.9 Å². The molecule has 2 aliphatic rings. The highest BCUT2D eigenvalue weighted by atomic mass is 32.2. The van der Waals surface area contributed by atoms with Crippen molar-refractivity contribution in [1.82, 2.24) is 14.7 Å². The minimum atomic E-state index is -4.21. The summed E-state index contributed by atoms with van der Waals surface area (Å²) in [7, 11) is -4.21. The van der Waals surface area contributed by atoms with Gasteiger partial charge in [-0.3, -0.25) is 14.4 Å². The van der Waals surface area contributed by atoms with Gasteiger partial charge >= 0.3 is 12.6 Å². The molecule has 1 atom stereocenters. The Kier molecular flexibility index (Phi) is 9.08. The maximum absolute atomic E-state index is 13.3. The molecule has 0 bridgehead atoms. The van der Waals surface area contributed by atoms with Gasteiger partial charge in [0.2, 0.25) is 5.91 Å². The van der Waals surface area contributed by atoms with E-state index in [1.807, 2.05) is 25.7 Å². The third-order valence-corrected chi connectivity index (χ3v) is 8.39. The third-order valence-electron chi connectivity index (χ3n) is 6.47. The van der Waals surface area contributed by atoms with Gasteiger partial charge in [0.15, 0.2) is 0 Å². The van der Waals surface area contributed by atoms with E-state index in [0.29, 0.717) is 10.4 Å². The van der Waals surface area contributed by atoms with Crippen LogP contribution in [0.1, 0.15) is 53.3 Å². The number of nitrogens with zero attached hydrogens (tertiary/aromatic N) is 4. The largest absolute Gasteiger partial charge is 0.489 e. The molecule has 0 saturated carbocycles. The number of carbonyl (C=O) groups excluding carboxylic acids is 2. The maximum Gasteiger partial charge on any atom is 0.411 e. The monoisotopic (exact) mass is 571 g/mol. The molecule has 4 rings (SSSR count). The van der Waals surface area contributed by atoms with E-state index in [1.165, 1.54) is 25.5 Å². The first-order chi connectivity index (χ1) is 18.1. The van der Waals surface area contributed by atoms with Gasteiger partial charge in [-0.15, -0.1) is 0 Å². The number of aryl methyl sites for hydroxylation is 1. The van der Waals surface area contributed by atoms with Crippen LogP contribution in [0.25, 0.3) is 0 Å². The van der Waals surface area contributed by atoms with Crippen LogP contribution >= 0.6 is 0 Å². The Morgan fingerprint density at radius 1 is 1.18 bits per heavy atom. The number of likely N-dealkylation sites (tertiary alicyclic amines) is 1. The van der Waals surface area contributed by atoms with Crippen molar-refractivity contribution in [1.29, 1.82) is 0 Å². The number of hydrogen-bond donors (Lipinski definition) is 1. The lowest BCUT2D eigenvalue weighted by Crippen LogP contribution is -2.40. The van der Waals surface area contributed by atoms with Crippen molar-refractivity contribution in [2.24, 2.45) is 5.41 Å². The summed E-state index contributed by atoms with van der Waals surface area (Å²) in [6, 6.07) is 4.51. The van der Waals surface area contributed by atoms with E-state index < -0.39 is 22.7 Å². The van der Waals surface area contributed by atoms with Crippen molar-refractivity contribution in [3.05, 3.63) is 30.1 Å². The smallest absolute Gasteiger partial charge is 0.411 e. The zero-order valence-electron chi connectivity index (χ0n) is 22.9. The Labute approximate surface area is 227 Å². The molecule has 14 heteroatoms. The van der Waals surface area contributed by atoms with Crippen LogP contribution < -0.4 is 14.4 Å². The second-order valence-electron chi connectivity index (χ2n) is 10.3. The molecule has 1 aromatic carbocycles. The summed E-state index contributed by atoms with van der Waals surface area (Å²) in [6.45, 7) is 9.56. The Balaban J connectivity index is 0.000000520. The quantitative estimate of drug-likeness (QED) is 0.565. The number of halogens is 2. The molecular weight excluding hydrogens is 536 g/mol. The highest BCUT2D eigenvalue weighted by molar-refractivity contribution is 7.92. The number of fused-ring (bicyclic) bond motifs is 1. The molecule has 39 heavy (non-hydrogen) atoms. The lowest BCUT2D eigenvalue weighted by molar-refractivity contribution is -0.132. The molecule has 3 heterocycles. The minimum absolute atomic E-state index is 0.0381. The van der Waals surface area contributed by atoms with E-state index in [0.717, 1.165) is 23.6 Å². The molecule has 216 valence electrons. The van der Waals surface area contributed by atoms with E-state index in [4.69, 9.17) is 9.47 Å². The Hall–Kier alpha value is -3.42. The van der Waals surface area contributed by atoms with E-state index >= 15 is 0 Å². The second-order valence-corrected chi connectivity index (χ2v) is 12.2. The lowest BCUT2D eigenvalue weighted by Gasteiger charge is -2.30. The van der Waals surface area contributed by atoms with Crippen molar-refractivity contribution in [2.75, 3.05) is 35.9 Å². The van der Waals surface area contributed by atoms with E-state index in [1.54, 1.807) is 19.9 Å². The van der Waals surface area contributed by atoms with Crippen molar-refractivity contribution < 1.29 is 36.3 Å². The molecular formula is C25H35F2N5O6S. The molecule has 2 amide bonds. The summed E-state index contributed by atoms with van der Waals surface area (Å²) in [5.41, 5.74) is 0.155. The summed E-state index contributed by atoms with van der Waals surface area (Å²) in [5.74, 6) is 0.493. The minimum Gasteiger partial charge on any atom is -0.489 e. The van der Waals surface area contributed by atoms with Crippen molar-refractivity contribution >= 4 is 33.4 Å². The number of amides is 2. The first-order valence-corrected chi connectivity index (χ1v) is 13.9. The van der Waals surface area contributed by atoms with Crippen LogP contribution in [0.5, 0.6) is 5.75 Å². The zero-order chi connectivity index (χ0) is 29.1. The molecule has 1 unspecified atom stereocenters. The van der Waals surface area contributed by atoms with E-state index in [-0.39, 0.29) is 52.6 Å². The summed E-state index contributed by atoms with van der Waals surface area (Å²) in [5, 5.41) is 6.17. The number of rotatable bonds is 5. The molecule has 2 aromatic rings. The number of aromatic nitrogens is 2. The second kappa shape index (κ2) is 11.8. The predicted molar refractivity (Wildman–Crippen MR) is 141 cm³/mol. The summed E-state index contributed by atoms with van der Waals surface area (Å²) in [4.78, 5) is 24.1. The first kappa shape index (κ1) is 30.1. The van der Waals surface area contributed by atoms with Crippen LogP contribution in [0.3, 0.4) is 0 Å². The van der Waals surface area contributed by atoms with Gasteiger partial charge in [-0.05, 0) is 43.9 Å². The fraction of sp³-hybridized carbons (Fsp3) is 0.560. The molecule has 1 N–H and O–H groups in total. The summed E-state index contributed by atoms with van der Waals surface area (Å²) < 4.78 is 64.8. The van der Waals surface area contributed by atoms with Crippen LogP contribution in [-0.4, -0.2) is 67.4 Å². The Morgan fingerprint density at radius 2 is 1.85 bits per heavy atom. The highest BCUT2D eigenvalue weighted by Crippen LogP contribution is 2.38. The van der Waals surface area contributed by atoms with E-state index in [2.05, 4.69) is 10.4 Å². The molecule has 0 radical (unpaired) electrons. The average molecular weight is 572 g/mol. The number of nitrogens with one attached hydrogen (secondary N) is 1. The van der Waals surface area contributed by atoms with Gasteiger partial charge in [-0.25, -0.2) is 17.9 Å². The molecule has 2 aliphatic heterocycles. The fourth-order valence-corrected chi connectivity index (χ4v) is 5.18. The van der Waals surface area contributed by atoms with Gasteiger partial charge < -0.3 is 14.4 Å². The third kappa shape index (κ3) is 7.16. The van der Waals surface area contributed by atoms with Gasteiger partial charge in [0.1, 0.15) is 23.4 Å². The first-order valence-electron chi connectivity index (χ1n) is 12.5. The summed E-state index contributed by atoms with van der Waals surface area (Å²) in [6.07, 6.45) is 0.944. The number of sulfonamides is 1. The Bertz CT molecular complexity index is 1300. The Morgan fingerprint density at radius 3 is 2.33 bits per heavy atom. The predicted octanol–water partition coefficient (Wildman–Crippen LogP) is 4.40. The van der Waals surface area contributed by atoms with Gasteiger partial charge in [0.25, 0.3) is 10.0 Å². The van der Waals surface area contributed by atoms with Crippen molar-refractivity contribution in [2.45, 2.75) is 65.5 Å². The molecule has 1 saturated heterocycles. The topological polar surface area (TPSA) is 123 Å². The zero-order valence-corrected chi connectivity index (χ0v) is 23.7. The lowest BCUT2D eigenvalue weighted by atomic mass is 9.90. The number of ether oxygens (including phenoxy) is 2. The van der Waals surface area contributed by atoms with Gasteiger partial charge in [0.05, 0.1) is 24.1 Å². The molecule has 11 nitrogen and oxygen atoms in total. The fourth-order valence-electron chi connectivity index (χ4n) is 3.57. The summed E-state index contributed by atoms with van der Waals surface area (Å²) >= 11 is 0. The number of anilines is 2. The number of carbonyl (C=O) groups is 2. The molecule has 1 fully saturated rings. The van der Waals surface area contributed by atoms with Crippen molar-refractivity contribution in [3.63, 3.8) is 0 Å². The number of alkyl halides is 2. The average Bonchev–Trinajstić information content (AvgIpc) is 3.19. The van der Waals surface area contributed by atoms with Crippen molar-refractivity contribution in [3.8, 4) is 5.75 Å². The SMILES string of the molecule is CC(=O)N1CCC1.Cc1nn(C(F)F)cc1S(=O)(=O)N1CCOc2ccc(NC(=O)OC(C)C(C)(C)C)cc21. The van der Waals surface area contributed by atoms with E-state index in [9.17, 15) is 26.8 Å². The highest BCUT2D eigenvalue weighted by Gasteiger charge is 2.34. The number of hydrogen-bond acceptors (Lipinski definition) is 7. The standard InChI is InChI=1S/C20H26F2N4O5S.C5H9NO/c1-12-17(11-25(24-12)18(21)22)32(28,29)26-8-9-30-16-7-6-14(10-15(16)26)23-19(27)31-13(2)20(3,4)5;1-5(7)6-3-2-4-6/h6-7,10-11,13,18H,8-9H2,1-5H3,(H,23,27);2-4H2,1H3. The van der Waals surface area contributed by atoms with Crippen LogP contribution in [0.2, 0.25) is 0 Å². The molecule has 0 aliphatic carbocycles. The van der Waals surface area contributed by atoms with Crippen LogP contribution in [0, 0.1) is 12.3 Å². The van der Waals surface area contributed by atoms with Gasteiger partial charge in [0, 0.05) is 25.7 Å². The molecule has 0 spiro atoms. The number of benzene rings is 1. The van der Waals surface area contributed by atoms with Gasteiger partial charge in [-0.1, -0.05) is 20.8 Å². The maximum atomic E-state index is 13.3. The normalized spacial score (nSPS) is 15.8. The van der Waals surface area contributed by atoms with Crippen LogP contribution in [0.4, 0.5) is 25.0 Å².